The van der Waals surface area contributed by atoms with Crippen LogP contribution in [0.4, 0.5) is 0 Å². The van der Waals surface area contributed by atoms with Gasteiger partial charge in [0.15, 0.2) is 0 Å². The fourth-order valence-corrected chi connectivity index (χ4v) is 4.56. The van der Waals surface area contributed by atoms with Crippen LogP contribution >= 0.6 is 27.7 Å². The summed E-state index contributed by atoms with van der Waals surface area (Å²) >= 11 is 5.43. The molecule has 30 heavy (non-hydrogen) atoms. The maximum absolute atomic E-state index is 9.63. The normalized spacial score (nSPS) is 24.0. The Morgan fingerprint density at radius 3 is 2.80 bits per heavy atom. The fourth-order valence-electron chi connectivity index (χ4n) is 3.13. The van der Waals surface area contributed by atoms with E-state index in [-0.39, 0.29) is 0 Å². The topological polar surface area (TPSA) is 48.6 Å². The van der Waals surface area contributed by atoms with Crippen molar-refractivity contribution < 1.29 is 4.74 Å². The Morgan fingerprint density at radius 1 is 1.37 bits per heavy atom. The van der Waals surface area contributed by atoms with Crippen LogP contribution in [0.3, 0.4) is 0 Å². The number of aliphatic imine (C=N–C) groups is 1. The van der Waals surface area contributed by atoms with Crippen LogP contribution in [0.1, 0.15) is 40.5 Å². The highest BCUT2D eigenvalue weighted by Crippen LogP contribution is 2.34. The Labute approximate surface area is 194 Å². The van der Waals surface area contributed by atoms with Gasteiger partial charge in [-0.25, -0.2) is 4.99 Å². The molecule has 1 aliphatic heterocycles. The number of rotatable bonds is 8. The van der Waals surface area contributed by atoms with Gasteiger partial charge in [-0.1, -0.05) is 41.9 Å². The smallest absolute Gasteiger partial charge is 0.100 e. The van der Waals surface area contributed by atoms with Crippen molar-refractivity contribution in [3.05, 3.63) is 55.6 Å². The summed E-state index contributed by atoms with van der Waals surface area (Å²) in [5.41, 5.74) is 5.33. The first-order valence-corrected chi connectivity index (χ1v) is 12.2. The molecule has 0 N–H and O–H groups in total. The molecule has 0 unspecified atom stereocenters. The van der Waals surface area contributed by atoms with Gasteiger partial charge in [-0.15, -0.1) is 11.8 Å². The van der Waals surface area contributed by atoms with E-state index in [1.165, 1.54) is 5.57 Å². The standard InChI is InChI=1S/C24H32BrN3OS/c1-6-28(5)16-27-23-12-22(25)19(9-7-8-18(23)4)14-29-15-24-21(13-26)20(17(2)3)10-11-30-24/h9-10,12,16-17H,6-8,11,14-15H2,1-5H3/b19-9+,22-12+,23-18+,27-16?. The second-order valence-corrected chi connectivity index (χ2v) is 9.74. The number of halogens is 1. The second kappa shape index (κ2) is 12.3. The van der Waals surface area contributed by atoms with E-state index in [1.807, 2.05) is 13.4 Å². The lowest BCUT2D eigenvalue weighted by Gasteiger charge is -2.20. The van der Waals surface area contributed by atoms with Gasteiger partial charge in [-0.2, -0.15) is 5.26 Å². The lowest BCUT2D eigenvalue weighted by atomic mass is 9.95. The molecule has 0 aromatic rings. The molecule has 1 heterocycles. The van der Waals surface area contributed by atoms with Crippen LogP contribution in [-0.4, -0.2) is 43.8 Å². The van der Waals surface area contributed by atoms with Gasteiger partial charge in [0.05, 0.1) is 30.8 Å². The molecule has 2 rings (SSSR count). The number of ether oxygens (including phenoxy) is 1. The third kappa shape index (κ3) is 7.01. The van der Waals surface area contributed by atoms with Crippen molar-refractivity contribution in [1.29, 1.82) is 5.26 Å². The fraction of sp³-hybridized carbons (Fsp3) is 0.500. The molecule has 2 aliphatic rings. The molecule has 0 saturated carbocycles. The third-order valence-electron chi connectivity index (χ3n) is 5.16. The summed E-state index contributed by atoms with van der Waals surface area (Å²) < 4.78 is 7.06. The zero-order valence-electron chi connectivity index (χ0n) is 18.7. The first-order chi connectivity index (χ1) is 14.4. The largest absolute Gasteiger partial charge is 0.371 e. The average molecular weight is 491 g/mol. The molecule has 0 radical (unpaired) electrons. The van der Waals surface area contributed by atoms with E-state index in [0.717, 1.165) is 56.9 Å². The summed E-state index contributed by atoms with van der Waals surface area (Å²) in [6.45, 7) is 10.4. The van der Waals surface area contributed by atoms with E-state index < -0.39 is 0 Å². The molecule has 162 valence electrons. The van der Waals surface area contributed by atoms with Crippen LogP contribution in [0.5, 0.6) is 0 Å². The van der Waals surface area contributed by atoms with Crippen LogP contribution in [0, 0.1) is 17.2 Å². The van der Waals surface area contributed by atoms with E-state index in [4.69, 9.17) is 4.74 Å². The average Bonchev–Trinajstić information content (AvgIpc) is 2.73. The first-order valence-electron chi connectivity index (χ1n) is 10.4. The highest BCUT2D eigenvalue weighted by Gasteiger charge is 2.19. The minimum absolute atomic E-state index is 0.349. The molecule has 0 bridgehead atoms. The monoisotopic (exact) mass is 489 g/mol. The van der Waals surface area contributed by atoms with Crippen molar-refractivity contribution in [3.63, 3.8) is 0 Å². The second-order valence-electron chi connectivity index (χ2n) is 7.77. The number of hydrogen-bond acceptors (Lipinski definition) is 4. The summed E-state index contributed by atoms with van der Waals surface area (Å²) in [6.07, 6.45) is 10.3. The highest BCUT2D eigenvalue weighted by molar-refractivity contribution is 9.12. The van der Waals surface area contributed by atoms with Crippen molar-refractivity contribution in [1.82, 2.24) is 4.90 Å². The van der Waals surface area contributed by atoms with Gasteiger partial charge in [0.1, 0.15) is 6.07 Å². The molecular formula is C24H32BrN3OS. The number of hydrogen-bond donors (Lipinski definition) is 0. The van der Waals surface area contributed by atoms with Crippen molar-refractivity contribution in [2.45, 2.75) is 40.5 Å². The van der Waals surface area contributed by atoms with Gasteiger partial charge < -0.3 is 9.64 Å². The van der Waals surface area contributed by atoms with E-state index in [0.29, 0.717) is 19.1 Å². The van der Waals surface area contributed by atoms with E-state index in [2.05, 4.69) is 77.8 Å². The van der Waals surface area contributed by atoms with E-state index >= 15 is 0 Å². The van der Waals surface area contributed by atoms with Crippen LogP contribution in [0.2, 0.25) is 0 Å². The maximum atomic E-state index is 9.63. The van der Waals surface area contributed by atoms with Gasteiger partial charge in [0.2, 0.25) is 0 Å². The van der Waals surface area contributed by atoms with Gasteiger partial charge in [0.25, 0.3) is 0 Å². The molecule has 0 aromatic carbocycles. The molecule has 0 spiro atoms. The summed E-state index contributed by atoms with van der Waals surface area (Å²) in [4.78, 5) is 7.77. The van der Waals surface area contributed by atoms with Gasteiger partial charge in [-0.05, 0) is 55.4 Å². The van der Waals surface area contributed by atoms with Crippen molar-refractivity contribution in [3.8, 4) is 6.07 Å². The lowest BCUT2D eigenvalue weighted by Crippen LogP contribution is -2.14. The van der Waals surface area contributed by atoms with Gasteiger partial charge in [-0.3, -0.25) is 0 Å². The van der Waals surface area contributed by atoms with Gasteiger partial charge in [0, 0.05) is 28.7 Å². The highest BCUT2D eigenvalue weighted by atomic mass is 79.9. The minimum atomic E-state index is 0.349. The molecule has 0 fully saturated rings. The molecule has 0 saturated heterocycles. The van der Waals surface area contributed by atoms with Crippen LogP contribution in [0.25, 0.3) is 0 Å². The number of nitriles is 1. The maximum Gasteiger partial charge on any atom is 0.100 e. The third-order valence-corrected chi connectivity index (χ3v) is 6.91. The molecule has 0 amide bonds. The van der Waals surface area contributed by atoms with Crippen LogP contribution < -0.4 is 0 Å². The number of allylic oxidation sites excluding steroid dienone is 5. The van der Waals surface area contributed by atoms with E-state index in [9.17, 15) is 5.26 Å². The van der Waals surface area contributed by atoms with Crippen LogP contribution in [0.15, 0.2) is 60.6 Å². The Balaban J connectivity index is 2.09. The molecule has 0 atom stereocenters. The predicted molar refractivity (Wildman–Crippen MR) is 133 cm³/mol. The Kier molecular flexibility index (Phi) is 10.2. The molecule has 4 nitrogen and oxygen atoms in total. The summed E-state index contributed by atoms with van der Waals surface area (Å²) in [5, 5.41) is 9.63. The van der Waals surface area contributed by atoms with Crippen molar-refractivity contribution in [2.24, 2.45) is 10.9 Å². The lowest BCUT2D eigenvalue weighted by molar-refractivity contribution is 0.186. The van der Waals surface area contributed by atoms with Gasteiger partial charge >= 0.3 is 0 Å². The molecular weight excluding hydrogens is 458 g/mol. The van der Waals surface area contributed by atoms with Crippen molar-refractivity contribution in [2.75, 3.05) is 32.6 Å². The Bertz CT molecular complexity index is 856. The van der Waals surface area contributed by atoms with E-state index in [1.54, 1.807) is 11.8 Å². The minimum Gasteiger partial charge on any atom is -0.371 e. The number of thioether (sulfide) groups is 1. The number of nitrogens with zero attached hydrogens (tertiary/aromatic N) is 3. The predicted octanol–water partition coefficient (Wildman–Crippen LogP) is 6.36. The van der Waals surface area contributed by atoms with Crippen LogP contribution in [-0.2, 0) is 4.74 Å². The zero-order valence-corrected chi connectivity index (χ0v) is 21.1. The Morgan fingerprint density at radius 2 is 2.13 bits per heavy atom. The summed E-state index contributed by atoms with van der Waals surface area (Å²) in [6, 6.07) is 2.39. The van der Waals surface area contributed by atoms with Crippen molar-refractivity contribution >= 4 is 34.0 Å². The molecule has 0 aromatic heterocycles. The molecule has 1 aliphatic carbocycles. The Hall–Kier alpha value is -1.55. The first kappa shape index (κ1) is 24.7. The molecule has 6 heteroatoms. The quantitative estimate of drug-likeness (QED) is 0.293. The SMILES string of the molecule is CCN(C)C=NC1=C(\C)CC/C=C(COCC2=C(C#N)C(C(C)C)=CCS2)/C(Br)=C\1. The zero-order chi connectivity index (χ0) is 22.1. The summed E-state index contributed by atoms with van der Waals surface area (Å²) in [7, 11) is 2.02. The summed E-state index contributed by atoms with van der Waals surface area (Å²) in [5.74, 6) is 1.25.